The van der Waals surface area contributed by atoms with Gasteiger partial charge in [-0.15, -0.1) is 11.3 Å². The fourth-order valence-corrected chi connectivity index (χ4v) is 2.91. The van der Waals surface area contributed by atoms with Crippen LogP contribution in [-0.4, -0.2) is 23.0 Å². The lowest BCUT2D eigenvalue weighted by molar-refractivity contribution is -0.121. The van der Waals surface area contributed by atoms with E-state index in [2.05, 4.69) is 5.32 Å². The first-order valence-electron chi connectivity index (χ1n) is 6.44. The van der Waals surface area contributed by atoms with Crippen LogP contribution in [0.2, 0.25) is 0 Å². The fraction of sp³-hybridized carbons (Fsp3) is 0.429. The molecule has 0 radical (unpaired) electrons. The van der Waals surface area contributed by atoms with Crippen LogP contribution in [-0.2, 0) is 4.79 Å². The summed E-state index contributed by atoms with van der Waals surface area (Å²) in [6.07, 6.45) is 8.43. The number of thiophene rings is 1. The highest BCUT2D eigenvalue weighted by Gasteiger charge is 2.14. The monoisotopic (exact) mass is 279 g/mol. The molecule has 0 saturated carbocycles. The lowest BCUT2D eigenvalue weighted by Gasteiger charge is -2.12. The summed E-state index contributed by atoms with van der Waals surface area (Å²) in [5.74, 6) is -0.749. The van der Waals surface area contributed by atoms with E-state index in [9.17, 15) is 9.59 Å². The molecule has 1 saturated heterocycles. The van der Waals surface area contributed by atoms with Crippen LogP contribution in [0, 0.1) is 0 Å². The maximum Gasteiger partial charge on any atom is 0.345 e. The topological polar surface area (TPSA) is 66.4 Å². The summed E-state index contributed by atoms with van der Waals surface area (Å²) in [5.41, 5.74) is 0. The predicted molar refractivity (Wildman–Crippen MR) is 75.3 cm³/mol. The van der Waals surface area contributed by atoms with Crippen molar-refractivity contribution in [2.75, 3.05) is 0 Å². The Labute approximate surface area is 116 Å². The summed E-state index contributed by atoms with van der Waals surface area (Å²) >= 11 is 1.26. The second-order valence-corrected chi connectivity index (χ2v) is 5.77. The van der Waals surface area contributed by atoms with Gasteiger partial charge in [0.2, 0.25) is 5.91 Å². The van der Waals surface area contributed by atoms with Crippen LogP contribution < -0.4 is 5.32 Å². The molecule has 1 atom stereocenters. The van der Waals surface area contributed by atoms with E-state index in [1.165, 1.54) is 11.3 Å². The van der Waals surface area contributed by atoms with Crippen LogP contribution in [0.5, 0.6) is 0 Å². The Morgan fingerprint density at radius 1 is 1.47 bits per heavy atom. The summed E-state index contributed by atoms with van der Waals surface area (Å²) in [4.78, 5) is 23.4. The Hall–Kier alpha value is -1.62. The molecule has 2 rings (SSSR count). The van der Waals surface area contributed by atoms with Gasteiger partial charge in [0, 0.05) is 17.3 Å². The van der Waals surface area contributed by atoms with E-state index in [1.54, 1.807) is 12.1 Å². The minimum Gasteiger partial charge on any atom is -0.477 e. The SMILES string of the molecule is O=C1CCCCC(CC=Cc2ccc(C(=O)O)s2)N1. The van der Waals surface area contributed by atoms with Crippen molar-refractivity contribution in [1.82, 2.24) is 5.32 Å². The number of rotatable bonds is 4. The lowest BCUT2D eigenvalue weighted by Crippen LogP contribution is -2.32. The summed E-state index contributed by atoms with van der Waals surface area (Å²) in [5, 5.41) is 11.8. The van der Waals surface area contributed by atoms with Gasteiger partial charge in [-0.2, -0.15) is 0 Å². The van der Waals surface area contributed by atoms with Crippen molar-refractivity contribution < 1.29 is 14.7 Å². The minimum atomic E-state index is -0.888. The smallest absolute Gasteiger partial charge is 0.345 e. The number of carboxylic acid groups (broad SMARTS) is 1. The molecule has 1 aromatic rings. The molecule has 1 amide bonds. The quantitative estimate of drug-likeness (QED) is 0.890. The van der Waals surface area contributed by atoms with Gasteiger partial charge in [-0.3, -0.25) is 4.79 Å². The molecule has 0 aromatic carbocycles. The highest BCUT2D eigenvalue weighted by Crippen LogP contribution is 2.19. The molecule has 2 heterocycles. The third-order valence-corrected chi connectivity index (χ3v) is 4.15. The largest absolute Gasteiger partial charge is 0.477 e. The Morgan fingerprint density at radius 2 is 2.32 bits per heavy atom. The zero-order chi connectivity index (χ0) is 13.7. The maximum atomic E-state index is 11.4. The Bertz CT molecular complexity index is 493. The third-order valence-electron chi connectivity index (χ3n) is 3.11. The van der Waals surface area contributed by atoms with Gasteiger partial charge in [-0.05, 0) is 37.5 Å². The molecular formula is C14H17NO3S. The van der Waals surface area contributed by atoms with Crippen molar-refractivity contribution >= 4 is 29.3 Å². The second kappa shape index (κ2) is 6.52. The van der Waals surface area contributed by atoms with Crippen LogP contribution in [0.3, 0.4) is 0 Å². The van der Waals surface area contributed by atoms with Gasteiger partial charge in [-0.25, -0.2) is 4.79 Å². The predicted octanol–water partition coefficient (Wildman–Crippen LogP) is 2.91. The van der Waals surface area contributed by atoms with Gasteiger partial charge >= 0.3 is 5.97 Å². The first-order chi connectivity index (χ1) is 9.15. The van der Waals surface area contributed by atoms with Crippen molar-refractivity contribution in [3.8, 4) is 0 Å². The molecule has 0 bridgehead atoms. The van der Waals surface area contributed by atoms with Crippen molar-refractivity contribution in [2.45, 2.75) is 38.1 Å². The minimum absolute atomic E-state index is 0.139. The summed E-state index contributed by atoms with van der Waals surface area (Å²) in [6, 6.07) is 3.63. The summed E-state index contributed by atoms with van der Waals surface area (Å²) in [6.45, 7) is 0. The average Bonchev–Trinajstić information content (AvgIpc) is 2.74. The molecule has 4 nitrogen and oxygen atoms in total. The fourth-order valence-electron chi connectivity index (χ4n) is 2.13. The molecule has 1 aliphatic heterocycles. The standard InChI is InChI=1S/C14H17NO3S/c16-13-7-2-1-4-10(15-13)5-3-6-11-8-9-12(19-11)14(17)18/h3,6,8-10H,1-2,4-5,7H2,(H,15,16)(H,17,18). The average molecular weight is 279 g/mol. The van der Waals surface area contributed by atoms with Crippen LogP contribution in [0.15, 0.2) is 18.2 Å². The van der Waals surface area contributed by atoms with Crippen molar-refractivity contribution in [3.05, 3.63) is 28.0 Å². The molecular weight excluding hydrogens is 262 g/mol. The number of carbonyl (C=O) groups is 2. The van der Waals surface area contributed by atoms with Crippen LogP contribution >= 0.6 is 11.3 Å². The normalized spacial score (nSPS) is 20.2. The molecule has 0 aliphatic carbocycles. The molecule has 19 heavy (non-hydrogen) atoms. The van der Waals surface area contributed by atoms with Gasteiger partial charge in [0.05, 0.1) is 0 Å². The zero-order valence-corrected chi connectivity index (χ0v) is 11.4. The van der Waals surface area contributed by atoms with Crippen molar-refractivity contribution in [1.29, 1.82) is 0 Å². The van der Waals surface area contributed by atoms with Gasteiger partial charge in [-0.1, -0.05) is 12.5 Å². The van der Waals surface area contributed by atoms with E-state index in [4.69, 9.17) is 5.11 Å². The molecule has 102 valence electrons. The van der Waals surface area contributed by atoms with Crippen LogP contribution in [0.1, 0.15) is 46.7 Å². The first kappa shape index (κ1) is 13.8. The van der Waals surface area contributed by atoms with Crippen LogP contribution in [0.25, 0.3) is 6.08 Å². The summed E-state index contributed by atoms with van der Waals surface area (Å²) < 4.78 is 0. The molecule has 1 aromatic heterocycles. The molecule has 1 fully saturated rings. The van der Waals surface area contributed by atoms with Gasteiger partial charge in [0.25, 0.3) is 0 Å². The highest BCUT2D eigenvalue weighted by atomic mass is 32.1. The lowest BCUT2D eigenvalue weighted by atomic mass is 10.1. The summed E-state index contributed by atoms with van der Waals surface area (Å²) in [7, 11) is 0. The van der Waals surface area contributed by atoms with Gasteiger partial charge in [0.1, 0.15) is 4.88 Å². The Morgan fingerprint density at radius 3 is 3.05 bits per heavy atom. The van der Waals surface area contributed by atoms with E-state index in [1.807, 2.05) is 12.2 Å². The number of hydrogen-bond donors (Lipinski definition) is 2. The number of carbonyl (C=O) groups excluding carboxylic acids is 1. The van der Waals surface area contributed by atoms with Crippen LogP contribution in [0.4, 0.5) is 0 Å². The maximum absolute atomic E-state index is 11.4. The molecule has 2 N–H and O–H groups in total. The van der Waals surface area contributed by atoms with E-state index < -0.39 is 5.97 Å². The second-order valence-electron chi connectivity index (χ2n) is 4.66. The first-order valence-corrected chi connectivity index (χ1v) is 7.26. The number of aromatic carboxylic acids is 1. The molecule has 5 heteroatoms. The number of hydrogen-bond acceptors (Lipinski definition) is 3. The Balaban J connectivity index is 1.87. The third kappa shape index (κ3) is 4.21. The molecule has 1 aliphatic rings. The van der Waals surface area contributed by atoms with Gasteiger partial charge < -0.3 is 10.4 Å². The number of amides is 1. The highest BCUT2D eigenvalue weighted by molar-refractivity contribution is 7.14. The van der Waals surface area contributed by atoms with E-state index in [0.29, 0.717) is 11.3 Å². The van der Waals surface area contributed by atoms with E-state index in [0.717, 1.165) is 30.6 Å². The molecule has 0 spiro atoms. The number of nitrogens with one attached hydrogen (secondary N) is 1. The van der Waals surface area contributed by atoms with Gasteiger partial charge in [0.15, 0.2) is 0 Å². The van der Waals surface area contributed by atoms with Crippen molar-refractivity contribution in [3.63, 3.8) is 0 Å². The van der Waals surface area contributed by atoms with E-state index in [-0.39, 0.29) is 11.9 Å². The number of carboxylic acids is 1. The van der Waals surface area contributed by atoms with E-state index >= 15 is 0 Å². The molecule has 1 unspecified atom stereocenters. The van der Waals surface area contributed by atoms with Crippen molar-refractivity contribution in [2.24, 2.45) is 0 Å². The Kier molecular flexibility index (Phi) is 4.74. The zero-order valence-electron chi connectivity index (χ0n) is 10.6.